The van der Waals surface area contributed by atoms with Crippen LogP contribution in [0.5, 0.6) is 11.5 Å². The van der Waals surface area contributed by atoms with Crippen LogP contribution in [0.4, 0.5) is 0 Å². The van der Waals surface area contributed by atoms with E-state index in [4.69, 9.17) is 15.2 Å². The highest BCUT2D eigenvalue weighted by atomic mass is 32.1. The summed E-state index contributed by atoms with van der Waals surface area (Å²) in [6, 6.07) is 5.55. The van der Waals surface area contributed by atoms with Crippen molar-refractivity contribution in [3.05, 3.63) is 23.2 Å². The predicted molar refractivity (Wildman–Crippen MR) is 75.7 cm³/mol. The fourth-order valence-electron chi connectivity index (χ4n) is 1.72. The van der Waals surface area contributed by atoms with E-state index in [-0.39, 0.29) is 6.04 Å². The summed E-state index contributed by atoms with van der Waals surface area (Å²) in [7, 11) is 3.25. The highest BCUT2D eigenvalue weighted by molar-refractivity contribution is 7.14. The van der Waals surface area contributed by atoms with Crippen LogP contribution in [-0.4, -0.2) is 24.4 Å². The second-order valence-electron chi connectivity index (χ2n) is 4.00. The molecule has 1 atom stereocenters. The van der Waals surface area contributed by atoms with Gasteiger partial charge in [-0.3, -0.25) is 0 Å². The Balaban J connectivity index is 2.48. The van der Waals surface area contributed by atoms with E-state index in [2.05, 4.69) is 10.2 Å². The number of methoxy groups -OCH3 is 2. The van der Waals surface area contributed by atoms with Gasteiger partial charge in [0.25, 0.3) is 0 Å². The number of nitrogens with two attached hydrogens (primary N) is 1. The molecule has 0 aliphatic carbocycles. The smallest absolute Gasteiger partial charge is 0.155 e. The van der Waals surface area contributed by atoms with Crippen molar-refractivity contribution in [1.82, 2.24) is 10.2 Å². The topological polar surface area (TPSA) is 70.3 Å². The van der Waals surface area contributed by atoms with Crippen LogP contribution in [0, 0.1) is 0 Å². The van der Waals surface area contributed by atoms with E-state index < -0.39 is 0 Å². The van der Waals surface area contributed by atoms with Gasteiger partial charge in [0, 0.05) is 0 Å². The maximum absolute atomic E-state index is 5.97. The van der Waals surface area contributed by atoms with Gasteiger partial charge in [-0.15, -0.1) is 10.2 Å². The molecule has 19 heavy (non-hydrogen) atoms. The highest BCUT2D eigenvalue weighted by Crippen LogP contribution is 2.40. The minimum Gasteiger partial charge on any atom is -0.496 e. The molecule has 2 rings (SSSR count). The number of benzene rings is 1. The zero-order chi connectivity index (χ0) is 13.8. The Hall–Kier alpha value is -1.66. The normalized spacial score (nSPS) is 12.2. The summed E-state index contributed by atoms with van der Waals surface area (Å²) >= 11 is 1.47. The molecule has 0 bridgehead atoms. The lowest BCUT2D eigenvalue weighted by atomic mass is 10.2. The van der Waals surface area contributed by atoms with Crippen LogP contribution in [0.3, 0.4) is 0 Å². The summed E-state index contributed by atoms with van der Waals surface area (Å²) in [4.78, 5) is 0. The maximum atomic E-state index is 5.97. The van der Waals surface area contributed by atoms with E-state index >= 15 is 0 Å². The first-order valence-electron chi connectivity index (χ1n) is 6.01. The van der Waals surface area contributed by atoms with Crippen LogP contribution < -0.4 is 15.2 Å². The van der Waals surface area contributed by atoms with Gasteiger partial charge >= 0.3 is 0 Å². The van der Waals surface area contributed by atoms with E-state index in [1.54, 1.807) is 14.2 Å². The Labute approximate surface area is 116 Å². The molecule has 1 heterocycles. The molecule has 0 aliphatic heterocycles. The van der Waals surface area contributed by atoms with E-state index in [1.165, 1.54) is 11.3 Å². The van der Waals surface area contributed by atoms with Crippen molar-refractivity contribution >= 4 is 11.3 Å². The van der Waals surface area contributed by atoms with Crippen molar-refractivity contribution in [2.75, 3.05) is 14.2 Å². The summed E-state index contributed by atoms with van der Waals surface area (Å²) in [6.45, 7) is 2.02. The SMILES string of the molecule is CCC(N)c1nnc(-c2c(OC)cccc2OC)s1. The van der Waals surface area contributed by atoms with Gasteiger partial charge in [-0.05, 0) is 18.6 Å². The summed E-state index contributed by atoms with van der Waals surface area (Å²) in [5, 5.41) is 9.93. The van der Waals surface area contributed by atoms with Crippen LogP contribution >= 0.6 is 11.3 Å². The third-order valence-electron chi connectivity index (χ3n) is 2.84. The minimum absolute atomic E-state index is 0.0769. The second-order valence-corrected chi connectivity index (χ2v) is 5.01. The van der Waals surface area contributed by atoms with Crippen molar-refractivity contribution in [1.29, 1.82) is 0 Å². The van der Waals surface area contributed by atoms with Gasteiger partial charge in [0.2, 0.25) is 0 Å². The number of rotatable bonds is 5. The zero-order valence-electron chi connectivity index (χ0n) is 11.2. The molecule has 6 heteroatoms. The minimum atomic E-state index is -0.0769. The summed E-state index contributed by atoms with van der Waals surface area (Å²) in [5.74, 6) is 1.43. The van der Waals surface area contributed by atoms with Gasteiger partial charge < -0.3 is 15.2 Å². The first kappa shape index (κ1) is 13.8. The molecule has 1 unspecified atom stereocenters. The van der Waals surface area contributed by atoms with Crippen LogP contribution in [0.2, 0.25) is 0 Å². The van der Waals surface area contributed by atoms with Crippen LogP contribution in [0.15, 0.2) is 18.2 Å². The summed E-state index contributed by atoms with van der Waals surface area (Å²) < 4.78 is 10.7. The van der Waals surface area contributed by atoms with Crippen molar-refractivity contribution in [3.63, 3.8) is 0 Å². The zero-order valence-corrected chi connectivity index (χ0v) is 12.0. The largest absolute Gasteiger partial charge is 0.496 e. The quantitative estimate of drug-likeness (QED) is 0.911. The average molecular weight is 279 g/mol. The molecule has 2 aromatic rings. The van der Waals surface area contributed by atoms with Crippen LogP contribution in [-0.2, 0) is 0 Å². The van der Waals surface area contributed by atoms with Crippen molar-refractivity contribution in [3.8, 4) is 22.1 Å². The molecule has 102 valence electrons. The molecule has 0 amide bonds. The fraction of sp³-hybridized carbons (Fsp3) is 0.385. The fourth-order valence-corrected chi connectivity index (χ4v) is 2.70. The molecule has 1 aromatic carbocycles. The molecule has 2 N–H and O–H groups in total. The van der Waals surface area contributed by atoms with E-state index in [0.717, 1.165) is 22.0 Å². The number of hydrogen-bond acceptors (Lipinski definition) is 6. The summed E-state index contributed by atoms with van der Waals surface area (Å²) in [6.07, 6.45) is 0.831. The van der Waals surface area contributed by atoms with Gasteiger partial charge in [0.05, 0.1) is 25.8 Å². The first-order chi connectivity index (χ1) is 9.21. The molecular weight excluding hydrogens is 262 g/mol. The van der Waals surface area contributed by atoms with Crippen molar-refractivity contribution < 1.29 is 9.47 Å². The highest BCUT2D eigenvalue weighted by Gasteiger charge is 2.18. The monoisotopic (exact) mass is 279 g/mol. The molecule has 0 aliphatic rings. The van der Waals surface area contributed by atoms with Crippen LogP contribution in [0.25, 0.3) is 10.6 Å². The molecule has 0 saturated heterocycles. The number of hydrogen-bond donors (Lipinski definition) is 1. The molecule has 0 spiro atoms. The van der Waals surface area contributed by atoms with E-state index in [0.29, 0.717) is 11.5 Å². The van der Waals surface area contributed by atoms with Gasteiger partial charge in [-0.2, -0.15) is 0 Å². The Bertz CT molecular complexity index is 534. The van der Waals surface area contributed by atoms with E-state index in [1.807, 2.05) is 25.1 Å². The van der Waals surface area contributed by atoms with Gasteiger partial charge in [0.1, 0.15) is 16.5 Å². The van der Waals surface area contributed by atoms with Gasteiger partial charge in [0.15, 0.2) is 5.01 Å². The predicted octanol–water partition coefficient (Wildman–Crippen LogP) is 2.63. The molecule has 1 aromatic heterocycles. The lowest BCUT2D eigenvalue weighted by Crippen LogP contribution is -2.07. The van der Waals surface area contributed by atoms with Gasteiger partial charge in [-0.1, -0.05) is 24.3 Å². The summed E-state index contributed by atoms with van der Waals surface area (Å²) in [5.41, 5.74) is 6.79. The van der Waals surface area contributed by atoms with Crippen LogP contribution in [0.1, 0.15) is 24.4 Å². The molecule has 0 fully saturated rings. The third kappa shape index (κ3) is 2.69. The van der Waals surface area contributed by atoms with Gasteiger partial charge in [-0.25, -0.2) is 0 Å². The second kappa shape index (κ2) is 5.99. The lowest BCUT2D eigenvalue weighted by Gasteiger charge is -2.10. The number of aromatic nitrogens is 2. The lowest BCUT2D eigenvalue weighted by molar-refractivity contribution is 0.397. The maximum Gasteiger partial charge on any atom is 0.155 e. The van der Waals surface area contributed by atoms with Crippen molar-refractivity contribution in [2.45, 2.75) is 19.4 Å². The molecule has 0 radical (unpaired) electrons. The van der Waals surface area contributed by atoms with Crippen molar-refractivity contribution in [2.24, 2.45) is 5.73 Å². The Kier molecular flexibility index (Phi) is 4.34. The number of nitrogens with zero attached hydrogens (tertiary/aromatic N) is 2. The van der Waals surface area contributed by atoms with E-state index in [9.17, 15) is 0 Å². The Morgan fingerprint density at radius 1 is 1.21 bits per heavy atom. The third-order valence-corrected chi connectivity index (χ3v) is 3.91. The number of ether oxygens (including phenoxy) is 2. The average Bonchev–Trinajstić information content (AvgIpc) is 2.94. The first-order valence-corrected chi connectivity index (χ1v) is 6.83. The molecule has 5 nitrogen and oxygen atoms in total. The Morgan fingerprint density at radius 3 is 2.37 bits per heavy atom. The Morgan fingerprint density at radius 2 is 1.84 bits per heavy atom. The molecule has 0 saturated carbocycles. The molecular formula is C13H17N3O2S. The standard InChI is InChI=1S/C13H17N3O2S/c1-4-8(14)12-15-16-13(19-12)11-9(17-2)6-5-7-10(11)18-3/h5-8H,4,14H2,1-3H3.